The van der Waals surface area contributed by atoms with Crippen molar-refractivity contribution in [3.05, 3.63) is 46.8 Å². The average Bonchev–Trinajstić information content (AvgIpc) is 2.88. The number of nitrogens with zero attached hydrogens (tertiary/aromatic N) is 2. The van der Waals surface area contributed by atoms with E-state index in [1.807, 2.05) is 0 Å². The van der Waals surface area contributed by atoms with Crippen molar-refractivity contribution in [1.29, 1.82) is 0 Å². The molecule has 0 saturated carbocycles. The van der Waals surface area contributed by atoms with Gasteiger partial charge in [0.05, 0.1) is 12.2 Å². The Bertz CT molecular complexity index is 491. The standard InChI is InChI=1S/C14H20N4/c1-4-7-15-14(13-9-16-18-17-13)12-8-10(2)5-6-11(12)3/h5-6,8-9,14-15H,4,7H2,1-3H3,(H,16,17,18). The molecule has 2 rings (SSSR count). The molecule has 0 spiro atoms. The van der Waals surface area contributed by atoms with E-state index in [4.69, 9.17) is 0 Å². The zero-order valence-electron chi connectivity index (χ0n) is 11.2. The van der Waals surface area contributed by atoms with Gasteiger partial charge in [-0.05, 0) is 37.9 Å². The monoisotopic (exact) mass is 244 g/mol. The van der Waals surface area contributed by atoms with Crippen LogP contribution in [0.2, 0.25) is 0 Å². The molecule has 4 nitrogen and oxygen atoms in total. The molecule has 1 aromatic heterocycles. The van der Waals surface area contributed by atoms with Crippen LogP contribution < -0.4 is 5.32 Å². The first kappa shape index (κ1) is 12.8. The lowest BCUT2D eigenvalue weighted by Gasteiger charge is -2.19. The summed E-state index contributed by atoms with van der Waals surface area (Å²) in [6, 6.07) is 6.63. The molecular formula is C14H20N4. The number of aryl methyl sites for hydroxylation is 2. The average molecular weight is 244 g/mol. The Labute approximate surface area is 108 Å². The maximum Gasteiger partial charge on any atom is 0.104 e. The molecule has 0 aliphatic carbocycles. The zero-order valence-corrected chi connectivity index (χ0v) is 11.2. The summed E-state index contributed by atoms with van der Waals surface area (Å²) in [4.78, 5) is 0. The van der Waals surface area contributed by atoms with E-state index in [9.17, 15) is 0 Å². The lowest BCUT2D eigenvalue weighted by Crippen LogP contribution is -2.24. The number of hydrogen-bond acceptors (Lipinski definition) is 3. The van der Waals surface area contributed by atoms with Gasteiger partial charge in [-0.2, -0.15) is 15.4 Å². The molecule has 1 unspecified atom stereocenters. The van der Waals surface area contributed by atoms with E-state index in [1.165, 1.54) is 16.7 Å². The lowest BCUT2D eigenvalue weighted by atomic mass is 9.97. The molecule has 0 aliphatic heterocycles. The molecule has 4 heteroatoms. The van der Waals surface area contributed by atoms with Crippen LogP contribution in [0, 0.1) is 13.8 Å². The summed E-state index contributed by atoms with van der Waals surface area (Å²) in [5.74, 6) is 0. The molecule has 2 N–H and O–H groups in total. The highest BCUT2D eigenvalue weighted by Crippen LogP contribution is 2.24. The first-order chi connectivity index (χ1) is 8.72. The van der Waals surface area contributed by atoms with Crippen molar-refractivity contribution in [3.63, 3.8) is 0 Å². The van der Waals surface area contributed by atoms with Gasteiger partial charge in [-0.25, -0.2) is 0 Å². The molecule has 2 aromatic rings. The molecule has 1 atom stereocenters. The maximum absolute atomic E-state index is 4.22. The second-order valence-corrected chi connectivity index (χ2v) is 4.64. The van der Waals surface area contributed by atoms with Gasteiger partial charge in [-0.15, -0.1) is 0 Å². The Kier molecular flexibility index (Phi) is 4.10. The minimum atomic E-state index is 0.114. The molecule has 0 aliphatic rings. The number of aromatic nitrogens is 3. The Morgan fingerprint density at radius 3 is 2.83 bits per heavy atom. The van der Waals surface area contributed by atoms with Crippen LogP contribution in [0.5, 0.6) is 0 Å². The summed E-state index contributed by atoms with van der Waals surface area (Å²) in [6.45, 7) is 7.37. The largest absolute Gasteiger partial charge is 0.305 e. The van der Waals surface area contributed by atoms with Gasteiger partial charge >= 0.3 is 0 Å². The molecule has 0 radical (unpaired) electrons. The van der Waals surface area contributed by atoms with Gasteiger partial charge in [0.25, 0.3) is 0 Å². The Morgan fingerprint density at radius 2 is 2.17 bits per heavy atom. The SMILES string of the molecule is CCCNC(c1cn[nH]n1)c1cc(C)ccc1C. The van der Waals surface area contributed by atoms with Crippen molar-refractivity contribution < 1.29 is 0 Å². The predicted octanol–water partition coefficient (Wildman–Crippen LogP) is 2.51. The van der Waals surface area contributed by atoms with Gasteiger partial charge < -0.3 is 5.32 Å². The van der Waals surface area contributed by atoms with Gasteiger partial charge in [0.2, 0.25) is 0 Å². The van der Waals surface area contributed by atoms with E-state index in [0.29, 0.717) is 0 Å². The third-order valence-corrected chi connectivity index (χ3v) is 3.07. The fourth-order valence-electron chi connectivity index (χ4n) is 2.08. The van der Waals surface area contributed by atoms with Gasteiger partial charge in [0, 0.05) is 0 Å². The number of rotatable bonds is 5. The molecule has 96 valence electrons. The van der Waals surface area contributed by atoms with Gasteiger partial charge in [0.15, 0.2) is 0 Å². The number of H-pyrrole nitrogens is 1. The van der Waals surface area contributed by atoms with Crippen molar-refractivity contribution in [2.75, 3.05) is 6.54 Å². The van der Waals surface area contributed by atoms with Crippen molar-refractivity contribution in [2.24, 2.45) is 0 Å². The van der Waals surface area contributed by atoms with E-state index < -0.39 is 0 Å². The summed E-state index contributed by atoms with van der Waals surface area (Å²) in [7, 11) is 0. The molecular weight excluding hydrogens is 224 g/mol. The smallest absolute Gasteiger partial charge is 0.104 e. The maximum atomic E-state index is 4.22. The highest BCUT2D eigenvalue weighted by molar-refractivity contribution is 5.36. The molecule has 0 amide bonds. The van der Waals surface area contributed by atoms with Crippen LogP contribution >= 0.6 is 0 Å². The Morgan fingerprint density at radius 1 is 1.33 bits per heavy atom. The number of hydrogen-bond donors (Lipinski definition) is 2. The van der Waals surface area contributed by atoms with Crippen LogP contribution in [0.4, 0.5) is 0 Å². The number of benzene rings is 1. The third kappa shape index (κ3) is 2.76. The number of aromatic amines is 1. The van der Waals surface area contributed by atoms with Gasteiger partial charge in [0.1, 0.15) is 5.69 Å². The first-order valence-electron chi connectivity index (χ1n) is 6.38. The molecule has 18 heavy (non-hydrogen) atoms. The van der Waals surface area contributed by atoms with Crippen molar-refractivity contribution >= 4 is 0 Å². The topological polar surface area (TPSA) is 53.6 Å². The second-order valence-electron chi connectivity index (χ2n) is 4.64. The third-order valence-electron chi connectivity index (χ3n) is 3.07. The highest BCUT2D eigenvalue weighted by atomic mass is 15.3. The summed E-state index contributed by atoms with van der Waals surface area (Å²) in [6.07, 6.45) is 2.88. The minimum absolute atomic E-state index is 0.114. The fraction of sp³-hybridized carbons (Fsp3) is 0.429. The van der Waals surface area contributed by atoms with E-state index >= 15 is 0 Å². The van der Waals surface area contributed by atoms with Crippen LogP contribution in [-0.2, 0) is 0 Å². The van der Waals surface area contributed by atoms with Crippen LogP contribution in [-0.4, -0.2) is 22.0 Å². The van der Waals surface area contributed by atoms with E-state index in [0.717, 1.165) is 18.7 Å². The van der Waals surface area contributed by atoms with Crippen molar-refractivity contribution in [1.82, 2.24) is 20.7 Å². The van der Waals surface area contributed by atoms with Gasteiger partial charge in [-0.1, -0.05) is 30.7 Å². The van der Waals surface area contributed by atoms with E-state index in [-0.39, 0.29) is 6.04 Å². The van der Waals surface area contributed by atoms with Crippen LogP contribution in [0.15, 0.2) is 24.4 Å². The molecule has 0 saturated heterocycles. The summed E-state index contributed by atoms with van der Waals surface area (Å²) in [5.41, 5.74) is 4.76. The number of nitrogens with one attached hydrogen (secondary N) is 2. The summed E-state index contributed by atoms with van der Waals surface area (Å²) >= 11 is 0. The van der Waals surface area contributed by atoms with Crippen molar-refractivity contribution in [2.45, 2.75) is 33.2 Å². The minimum Gasteiger partial charge on any atom is -0.305 e. The first-order valence-corrected chi connectivity index (χ1v) is 6.38. The van der Waals surface area contributed by atoms with E-state index in [2.05, 4.69) is 59.7 Å². The second kappa shape index (κ2) is 5.78. The molecule has 1 heterocycles. The quantitative estimate of drug-likeness (QED) is 0.849. The Balaban J connectivity index is 2.36. The van der Waals surface area contributed by atoms with Crippen molar-refractivity contribution in [3.8, 4) is 0 Å². The predicted molar refractivity (Wildman–Crippen MR) is 72.4 cm³/mol. The van der Waals surface area contributed by atoms with Gasteiger partial charge in [-0.3, -0.25) is 0 Å². The molecule has 0 fully saturated rings. The van der Waals surface area contributed by atoms with Crippen LogP contribution in [0.1, 0.15) is 41.8 Å². The normalized spacial score (nSPS) is 12.6. The fourth-order valence-corrected chi connectivity index (χ4v) is 2.08. The lowest BCUT2D eigenvalue weighted by molar-refractivity contribution is 0.582. The zero-order chi connectivity index (χ0) is 13.0. The summed E-state index contributed by atoms with van der Waals surface area (Å²) in [5, 5.41) is 14.4. The highest BCUT2D eigenvalue weighted by Gasteiger charge is 2.17. The van der Waals surface area contributed by atoms with Crippen LogP contribution in [0.3, 0.4) is 0 Å². The molecule has 1 aromatic carbocycles. The van der Waals surface area contributed by atoms with E-state index in [1.54, 1.807) is 6.20 Å². The van der Waals surface area contributed by atoms with Crippen LogP contribution in [0.25, 0.3) is 0 Å². The molecule has 0 bridgehead atoms. The summed E-state index contributed by atoms with van der Waals surface area (Å²) < 4.78 is 0. The Hall–Kier alpha value is -1.68.